The third-order valence-electron chi connectivity index (χ3n) is 4.19. The number of likely N-dealkylation sites (tertiary alicyclic amines) is 1. The molecule has 1 N–H and O–H groups in total. The minimum Gasteiger partial charge on any atom is -0.361 e. The molecule has 1 aromatic carbocycles. The number of aromatic amines is 1. The highest BCUT2D eigenvalue weighted by Gasteiger charge is 2.25. The molecule has 3 rings (SSSR count). The Bertz CT molecular complexity index is 606. The number of carbonyl (C=O) groups is 1. The first kappa shape index (κ1) is 13.2. The summed E-state index contributed by atoms with van der Waals surface area (Å²) in [5, 5.41) is 1.18. The summed E-state index contributed by atoms with van der Waals surface area (Å²) >= 11 is 0. The molecule has 1 aliphatic heterocycles. The average Bonchev–Trinajstić information content (AvgIpc) is 2.85. The maximum atomic E-state index is 12.5. The number of amides is 1. The minimum absolute atomic E-state index is 0.262. The number of nitrogens with zero attached hydrogens (tertiary/aromatic N) is 1. The van der Waals surface area contributed by atoms with E-state index in [1.165, 1.54) is 11.8 Å². The van der Waals surface area contributed by atoms with Gasteiger partial charge in [0.2, 0.25) is 5.91 Å². The molecule has 1 fully saturated rings. The van der Waals surface area contributed by atoms with E-state index in [-0.39, 0.29) is 5.91 Å². The number of piperidine rings is 1. The van der Waals surface area contributed by atoms with Crippen molar-refractivity contribution in [3.63, 3.8) is 0 Å². The van der Waals surface area contributed by atoms with Gasteiger partial charge in [-0.3, -0.25) is 4.79 Å². The van der Waals surface area contributed by atoms with E-state index in [1.54, 1.807) is 0 Å². The smallest absolute Gasteiger partial charge is 0.227 e. The Hall–Kier alpha value is -1.77. The van der Waals surface area contributed by atoms with Crippen LogP contribution in [0.25, 0.3) is 10.9 Å². The fourth-order valence-electron chi connectivity index (χ4n) is 3.37. The quantitative estimate of drug-likeness (QED) is 0.893. The third-order valence-corrected chi connectivity index (χ3v) is 4.19. The van der Waals surface area contributed by atoms with Gasteiger partial charge < -0.3 is 9.88 Å². The zero-order valence-corrected chi connectivity index (χ0v) is 12.2. The van der Waals surface area contributed by atoms with Crippen molar-refractivity contribution < 1.29 is 4.79 Å². The fraction of sp³-hybridized carbons (Fsp3) is 0.471. The molecule has 0 spiro atoms. The number of benzene rings is 1. The Morgan fingerprint density at radius 1 is 1.25 bits per heavy atom. The van der Waals surface area contributed by atoms with E-state index >= 15 is 0 Å². The summed E-state index contributed by atoms with van der Waals surface area (Å²) in [5.74, 6) is 1.50. The van der Waals surface area contributed by atoms with Gasteiger partial charge in [0.05, 0.1) is 6.42 Å². The van der Waals surface area contributed by atoms with Gasteiger partial charge >= 0.3 is 0 Å². The van der Waals surface area contributed by atoms with Gasteiger partial charge in [-0.1, -0.05) is 19.9 Å². The van der Waals surface area contributed by atoms with Crippen LogP contribution in [0.5, 0.6) is 0 Å². The summed E-state index contributed by atoms with van der Waals surface area (Å²) in [7, 11) is 0. The zero-order valence-electron chi connectivity index (χ0n) is 12.2. The summed E-state index contributed by atoms with van der Waals surface area (Å²) in [6, 6.07) is 8.27. The molecule has 3 heteroatoms. The molecule has 1 amide bonds. The molecule has 20 heavy (non-hydrogen) atoms. The molecular formula is C17H22N2O. The SMILES string of the molecule is CC1CC(C)CN(C(=O)Cc2ccc3[nH]ccc3c2)C1. The molecule has 0 saturated carbocycles. The van der Waals surface area contributed by atoms with Gasteiger partial charge in [-0.25, -0.2) is 0 Å². The monoisotopic (exact) mass is 270 g/mol. The Labute approximate surface area is 120 Å². The zero-order chi connectivity index (χ0) is 14.1. The van der Waals surface area contributed by atoms with Crippen molar-refractivity contribution in [2.45, 2.75) is 26.7 Å². The fourth-order valence-corrected chi connectivity index (χ4v) is 3.37. The van der Waals surface area contributed by atoms with E-state index in [4.69, 9.17) is 0 Å². The second-order valence-corrected chi connectivity index (χ2v) is 6.32. The van der Waals surface area contributed by atoms with Crippen LogP contribution in [0, 0.1) is 11.8 Å². The predicted octanol–water partition coefficient (Wildman–Crippen LogP) is 3.21. The van der Waals surface area contributed by atoms with E-state index in [1.807, 2.05) is 23.2 Å². The normalized spacial score (nSPS) is 23.2. The van der Waals surface area contributed by atoms with Crippen LogP contribution in [0.2, 0.25) is 0 Å². The van der Waals surface area contributed by atoms with Crippen LogP contribution in [0.1, 0.15) is 25.8 Å². The lowest BCUT2D eigenvalue weighted by molar-refractivity contribution is -0.133. The standard InChI is InChI=1S/C17H22N2O/c1-12-7-13(2)11-19(10-12)17(20)9-14-3-4-16-15(8-14)5-6-18-16/h3-6,8,12-13,18H,7,9-11H2,1-2H3. The van der Waals surface area contributed by atoms with Crippen molar-refractivity contribution in [2.75, 3.05) is 13.1 Å². The lowest BCUT2D eigenvalue weighted by Crippen LogP contribution is -2.43. The first-order valence-corrected chi connectivity index (χ1v) is 7.45. The Balaban J connectivity index is 1.71. The van der Waals surface area contributed by atoms with Gasteiger partial charge in [0.1, 0.15) is 0 Å². The highest BCUT2D eigenvalue weighted by Crippen LogP contribution is 2.22. The van der Waals surface area contributed by atoms with Crippen LogP contribution in [0.15, 0.2) is 30.5 Å². The van der Waals surface area contributed by atoms with Crippen LogP contribution in [-0.2, 0) is 11.2 Å². The molecule has 2 unspecified atom stereocenters. The maximum Gasteiger partial charge on any atom is 0.227 e. The van der Waals surface area contributed by atoms with Gasteiger partial charge in [-0.15, -0.1) is 0 Å². The number of aromatic nitrogens is 1. The maximum absolute atomic E-state index is 12.5. The van der Waals surface area contributed by atoms with Crippen LogP contribution in [0.4, 0.5) is 0 Å². The van der Waals surface area contributed by atoms with E-state index in [0.29, 0.717) is 18.3 Å². The van der Waals surface area contributed by atoms with Crippen LogP contribution >= 0.6 is 0 Å². The molecule has 0 radical (unpaired) electrons. The summed E-state index contributed by atoms with van der Waals surface area (Å²) in [5.41, 5.74) is 2.23. The first-order valence-electron chi connectivity index (χ1n) is 7.45. The predicted molar refractivity (Wildman–Crippen MR) is 81.5 cm³/mol. The summed E-state index contributed by atoms with van der Waals surface area (Å²) in [4.78, 5) is 17.7. The molecule has 1 saturated heterocycles. The molecule has 1 aliphatic rings. The van der Waals surface area contributed by atoms with Crippen molar-refractivity contribution >= 4 is 16.8 Å². The van der Waals surface area contributed by atoms with Gasteiger partial charge in [-0.2, -0.15) is 0 Å². The number of nitrogens with one attached hydrogen (secondary N) is 1. The first-order chi connectivity index (χ1) is 9.61. The van der Waals surface area contributed by atoms with Gasteiger partial charge in [0.25, 0.3) is 0 Å². The summed E-state index contributed by atoms with van der Waals surface area (Å²) in [6.07, 6.45) is 3.68. The number of hydrogen-bond acceptors (Lipinski definition) is 1. The molecule has 0 bridgehead atoms. The molecule has 0 aliphatic carbocycles. The van der Waals surface area contributed by atoms with E-state index in [9.17, 15) is 4.79 Å². The summed E-state index contributed by atoms with van der Waals surface area (Å²) < 4.78 is 0. The molecule has 1 aromatic heterocycles. The Kier molecular flexibility index (Phi) is 3.51. The topological polar surface area (TPSA) is 36.1 Å². The number of H-pyrrole nitrogens is 1. The van der Waals surface area contributed by atoms with Gasteiger partial charge in [0.15, 0.2) is 0 Å². The molecular weight excluding hydrogens is 248 g/mol. The number of carbonyl (C=O) groups excluding carboxylic acids is 1. The molecule has 2 aromatic rings. The minimum atomic E-state index is 0.262. The number of fused-ring (bicyclic) bond motifs is 1. The lowest BCUT2D eigenvalue weighted by atomic mass is 9.91. The molecule has 2 atom stereocenters. The molecule has 106 valence electrons. The highest BCUT2D eigenvalue weighted by atomic mass is 16.2. The van der Waals surface area contributed by atoms with Crippen molar-refractivity contribution in [3.05, 3.63) is 36.0 Å². The molecule has 3 nitrogen and oxygen atoms in total. The highest BCUT2D eigenvalue weighted by molar-refractivity contribution is 5.83. The third kappa shape index (κ3) is 2.72. The second-order valence-electron chi connectivity index (χ2n) is 6.32. The van der Waals surface area contributed by atoms with Gasteiger partial charge in [-0.05, 0) is 47.4 Å². The summed E-state index contributed by atoms with van der Waals surface area (Å²) in [6.45, 7) is 6.30. The number of hydrogen-bond donors (Lipinski definition) is 1. The van der Waals surface area contributed by atoms with Crippen molar-refractivity contribution in [1.82, 2.24) is 9.88 Å². The van der Waals surface area contributed by atoms with Crippen LogP contribution < -0.4 is 0 Å². The van der Waals surface area contributed by atoms with Gasteiger partial charge in [0, 0.05) is 24.8 Å². The van der Waals surface area contributed by atoms with E-state index in [0.717, 1.165) is 24.2 Å². The Morgan fingerprint density at radius 2 is 2.00 bits per heavy atom. The lowest BCUT2D eigenvalue weighted by Gasteiger charge is -2.35. The largest absolute Gasteiger partial charge is 0.361 e. The van der Waals surface area contributed by atoms with E-state index in [2.05, 4.69) is 31.0 Å². The van der Waals surface area contributed by atoms with Crippen molar-refractivity contribution in [2.24, 2.45) is 11.8 Å². The van der Waals surface area contributed by atoms with E-state index < -0.39 is 0 Å². The van der Waals surface area contributed by atoms with Crippen molar-refractivity contribution in [3.8, 4) is 0 Å². The van der Waals surface area contributed by atoms with Crippen LogP contribution in [0.3, 0.4) is 0 Å². The number of rotatable bonds is 2. The molecule has 2 heterocycles. The average molecular weight is 270 g/mol. The van der Waals surface area contributed by atoms with Crippen molar-refractivity contribution in [1.29, 1.82) is 0 Å². The Morgan fingerprint density at radius 3 is 2.75 bits per heavy atom. The second kappa shape index (κ2) is 5.31. The van der Waals surface area contributed by atoms with Crippen LogP contribution in [-0.4, -0.2) is 28.9 Å².